The molecule has 0 bridgehead atoms. The number of fused-ring (bicyclic) bond motifs is 1. The standard InChI is InChI=1S/C28H23N3O4S/c1-19-7-14-23(15-8-19)36(33,34)18-21-10-12-22(13-11-21)28(32)35-27-16-9-20(2)17-26(27)31-29-24-5-3-4-6-25(24)30-31/h3-17H,18H2,1-2H3. The summed E-state index contributed by atoms with van der Waals surface area (Å²) in [5.74, 6) is -0.409. The summed E-state index contributed by atoms with van der Waals surface area (Å²) in [4.78, 5) is 14.6. The number of nitrogens with zero attached hydrogens (tertiary/aromatic N) is 3. The molecule has 8 heteroatoms. The van der Waals surface area contributed by atoms with E-state index in [-0.39, 0.29) is 10.6 Å². The molecule has 0 atom stereocenters. The molecule has 0 aliphatic carbocycles. The van der Waals surface area contributed by atoms with E-state index >= 15 is 0 Å². The summed E-state index contributed by atoms with van der Waals surface area (Å²) in [6.07, 6.45) is 0. The lowest BCUT2D eigenvalue weighted by atomic mass is 10.1. The van der Waals surface area contributed by atoms with E-state index in [9.17, 15) is 13.2 Å². The van der Waals surface area contributed by atoms with Crippen molar-refractivity contribution in [2.75, 3.05) is 0 Å². The van der Waals surface area contributed by atoms with Gasteiger partial charge in [0.2, 0.25) is 0 Å². The van der Waals surface area contributed by atoms with Crippen LogP contribution in [0.15, 0.2) is 95.9 Å². The Kier molecular flexibility index (Phi) is 6.12. The average Bonchev–Trinajstić information content (AvgIpc) is 3.30. The van der Waals surface area contributed by atoms with E-state index in [1.807, 2.05) is 50.2 Å². The number of ether oxygens (including phenoxy) is 1. The zero-order valence-electron chi connectivity index (χ0n) is 19.8. The summed E-state index contributed by atoms with van der Waals surface area (Å²) in [7, 11) is -3.50. The number of sulfone groups is 1. The third-order valence-electron chi connectivity index (χ3n) is 5.75. The van der Waals surface area contributed by atoms with Crippen LogP contribution in [0.4, 0.5) is 0 Å². The average molecular weight is 498 g/mol. The quantitative estimate of drug-likeness (QED) is 0.236. The second kappa shape index (κ2) is 9.39. The van der Waals surface area contributed by atoms with Crippen LogP contribution in [0.5, 0.6) is 5.75 Å². The summed E-state index contributed by atoms with van der Waals surface area (Å²) < 4.78 is 31.2. The predicted octanol–water partition coefficient (Wildman–Crippen LogP) is 5.23. The van der Waals surface area contributed by atoms with Crippen molar-refractivity contribution in [3.05, 3.63) is 113 Å². The Morgan fingerprint density at radius 1 is 0.806 bits per heavy atom. The normalized spacial score (nSPS) is 11.5. The van der Waals surface area contributed by atoms with Crippen LogP contribution in [0.2, 0.25) is 0 Å². The van der Waals surface area contributed by atoms with E-state index in [0.29, 0.717) is 22.6 Å². The van der Waals surface area contributed by atoms with Gasteiger partial charge in [-0.05, 0) is 73.5 Å². The van der Waals surface area contributed by atoms with Crippen LogP contribution in [0.3, 0.4) is 0 Å². The topological polar surface area (TPSA) is 91.2 Å². The molecule has 36 heavy (non-hydrogen) atoms. The largest absolute Gasteiger partial charge is 0.421 e. The zero-order chi connectivity index (χ0) is 25.3. The van der Waals surface area contributed by atoms with E-state index < -0.39 is 15.8 Å². The van der Waals surface area contributed by atoms with Gasteiger partial charge < -0.3 is 4.74 Å². The molecule has 0 radical (unpaired) electrons. The van der Waals surface area contributed by atoms with Crippen molar-refractivity contribution < 1.29 is 17.9 Å². The first kappa shape index (κ1) is 23.4. The van der Waals surface area contributed by atoms with Gasteiger partial charge in [-0.1, -0.05) is 48.0 Å². The summed E-state index contributed by atoms with van der Waals surface area (Å²) in [5, 5.41) is 9.00. The third-order valence-corrected chi connectivity index (χ3v) is 7.45. The van der Waals surface area contributed by atoms with Crippen LogP contribution >= 0.6 is 0 Å². The highest BCUT2D eigenvalue weighted by atomic mass is 32.2. The van der Waals surface area contributed by atoms with E-state index in [1.54, 1.807) is 54.6 Å². The minimum absolute atomic E-state index is 0.161. The molecule has 0 spiro atoms. The van der Waals surface area contributed by atoms with Gasteiger partial charge in [0.15, 0.2) is 15.6 Å². The lowest BCUT2D eigenvalue weighted by molar-refractivity contribution is 0.0734. The lowest BCUT2D eigenvalue weighted by Crippen LogP contribution is -2.12. The van der Waals surface area contributed by atoms with Gasteiger partial charge in [0.25, 0.3) is 0 Å². The number of benzene rings is 4. The molecule has 0 saturated heterocycles. The van der Waals surface area contributed by atoms with Crippen LogP contribution < -0.4 is 4.74 Å². The summed E-state index contributed by atoms with van der Waals surface area (Å²) in [6.45, 7) is 3.84. The first-order valence-corrected chi connectivity index (χ1v) is 13.0. The molecule has 0 unspecified atom stereocenters. The lowest BCUT2D eigenvalue weighted by Gasteiger charge is -2.11. The second-order valence-electron chi connectivity index (χ2n) is 8.61. The van der Waals surface area contributed by atoms with Crippen LogP contribution in [0.1, 0.15) is 27.0 Å². The van der Waals surface area contributed by atoms with Crippen molar-refractivity contribution in [3.63, 3.8) is 0 Å². The fraction of sp³-hybridized carbons (Fsp3) is 0.107. The van der Waals surface area contributed by atoms with E-state index in [2.05, 4.69) is 10.2 Å². The molecule has 0 N–H and O–H groups in total. The maximum Gasteiger partial charge on any atom is 0.343 e. The molecular weight excluding hydrogens is 474 g/mol. The van der Waals surface area contributed by atoms with Gasteiger partial charge in [-0.15, -0.1) is 15.0 Å². The van der Waals surface area contributed by atoms with E-state index in [0.717, 1.165) is 22.2 Å². The Hall–Kier alpha value is -4.30. The van der Waals surface area contributed by atoms with Crippen molar-refractivity contribution >= 4 is 26.8 Å². The number of rotatable bonds is 6. The van der Waals surface area contributed by atoms with Gasteiger partial charge in [0, 0.05) is 0 Å². The van der Waals surface area contributed by atoms with E-state index in [1.165, 1.54) is 4.80 Å². The zero-order valence-corrected chi connectivity index (χ0v) is 20.6. The van der Waals surface area contributed by atoms with Gasteiger partial charge in [0.1, 0.15) is 16.7 Å². The third kappa shape index (κ3) is 4.89. The monoisotopic (exact) mass is 497 g/mol. The minimum atomic E-state index is -3.50. The molecule has 5 aromatic rings. The Bertz CT molecular complexity index is 1640. The molecule has 5 rings (SSSR count). The Labute approximate surface area is 208 Å². The molecule has 0 aliphatic heterocycles. The Balaban J connectivity index is 1.36. The van der Waals surface area contributed by atoms with Crippen molar-refractivity contribution in [3.8, 4) is 11.4 Å². The first-order chi connectivity index (χ1) is 17.3. The molecule has 1 aromatic heterocycles. The number of hydrogen-bond acceptors (Lipinski definition) is 6. The summed E-state index contributed by atoms with van der Waals surface area (Å²) >= 11 is 0. The number of esters is 1. The summed E-state index contributed by atoms with van der Waals surface area (Å²) in [6, 6.07) is 26.0. The fourth-order valence-electron chi connectivity index (χ4n) is 3.78. The predicted molar refractivity (Wildman–Crippen MR) is 137 cm³/mol. The maximum atomic E-state index is 12.9. The Morgan fingerprint density at radius 3 is 2.06 bits per heavy atom. The molecule has 4 aromatic carbocycles. The number of aromatic nitrogens is 3. The summed E-state index contributed by atoms with van der Waals surface area (Å²) in [5.41, 5.74) is 4.84. The highest BCUT2D eigenvalue weighted by Gasteiger charge is 2.18. The van der Waals surface area contributed by atoms with Crippen molar-refractivity contribution in [2.24, 2.45) is 0 Å². The second-order valence-corrected chi connectivity index (χ2v) is 10.6. The number of carbonyl (C=O) groups is 1. The smallest absolute Gasteiger partial charge is 0.343 e. The molecule has 1 heterocycles. The van der Waals surface area contributed by atoms with Gasteiger partial charge in [-0.3, -0.25) is 0 Å². The molecule has 0 saturated carbocycles. The fourth-order valence-corrected chi connectivity index (χ4v) is 5.13. The molecular formula is C28H23N3O4S. The number of aryl methyl sites for hydroxylation is 2. The van der Waals surface area contributed by atoms with Crippen molar-refractivity contribution in [1.82, 2.24) is 15.0 Å². The number of hydrogen-bond donors (Lipinski definition) is 0. The van der Waals surface area contributed by atoms with Crippen LogP contribution in [0, 0.1) is 13.8 Å². The van der Waals surface area contributed by atoms with Crippen LogP contribution in [-0.4, -0.2) is 29.4 Å². The SMILES string of the molecule is Cc1ccc(S(=O)(=O)Cc2ccc(C(=O)Oc3ccc(C)cc3-n3nc4ccccc4n3)cc2)cc1. The molecule has 7 nitrogen and oxygen atoms in total. The van der Waals surface area contributed by atoms with Gasteiger partial charge in [-0.25, -0.2) is 13.2 Å². The molecule has 180 valence electrons. The first-order valence-electron chi connectivity index (χ1n) is 11.3. The molecule has 0 amide bonds. The highest BCUT2D eigenvalue weighted by molar-refractivity contribution is 7.90. The maximum absolute atomic E-state index is 12.9. The van der Waals surface area contributed by atoms with E-state index in [4.69, 9.17) is 4.74 Å². The molecule has 0 fully saturated rings. The van der Waals surface area contributed by atoms with Gasteiger partial charge in [-0.2, -0.15) is 0 Å². The van der Waals surface area contributed by atoms with Crippen LogP contribution in [-0.2, 0) is 15.6 Å². The minimum Gasteiger partial charge on any atom is -0.421 e. The van der Waals surface area contributed by atoms with Crippen molar-refractivity contribution in [1.29, 1.82) is 0 Å². The van der Waals surface area contributed by atoms with Crippen molar-refractivity contribution in [2.45, 2.75) is 24.5 Å². The van der Waals surface area contributed by atoms with Gasteiger partial charge >= 0.3 is 5.97 Å². The van der Waals surface area contributed by atoms with Crippen LogP contribution in [0.25, 0.3) is 16.7 Å². The number of carbonyl (C=O) groups excluding carboxylic acids is 1. The molecule has 0 aliphatic rings. The highest BCUT2D eigenvalue weighted by Crippen LogP contribution is 2.26. The Morgan fingerprint density at radius 2 is 1.42 bits per heavy atom. The van der Waals surface area contributed by atoms with Gasteiger partial charge in [0.05, 0.1) is 16.2 Å².